The molecule has 2 rings (SSSR count). The van der Waals surface area contributed by atoms with Crippen LogP contribution in [0.15, 0.2) is 30.3 Å². The average Bonchev–Trinajstić information content (AvgIpc) is 2.70. The van der Waals surface area contributed by atoms with Crippen LogP contribution in [0.1, 0.15) is 42.3 Å². The van der Waals surface area contributed by atoms with E-state index >= 15 is 0 Å². The quantitative estimate of drug-likeness (QED) is 0.402. The molecule has 1 aromatic heterocycles. The number of hydrogen-bond donors (Lipinski definition) is 2. The Morgan fingerprint density at radius 2 is 1.79 bits per heavy atom. The lowest BCUT2D eigenvalue weighted by Crippen LogP contribution is -2.21. The van der Waals surface area contributed by atoms with Crippen LogP contribution in [0, 0.1) is 11.6 Å². The Morgan fingerprint density at radius 3 is 2.33 bits per heavy atom. The maximum atomic E-state index is 14.0. The number of aryl methyl sites for hydroxylation is 1. The lowest BCUT2D eigenvalue weighted by atomic mass is 10.1. The van der Waals surface area contributed by atoms with Crippen LogP contribution in [0.4, 0.5) is 27.6 Å². The van der Waals surface area contributed by atoms with Gasteiger partial charge in [0, 0.05) is 18.3 Å². The van der Waals surface area contributed by atoms with Crippen molar-refractivity contribution in [2.45, 2.75) is 38.9 Å². The van der Waals surface area contributed by atoms with Crippen LogP contribution in [0.5, 0.6) is 0 Å². The second-order valence-electron chi connectivity index (χ2n) is 7.19. The Balaban J connectivity index is 2.11. The number of carbonyl (C=O) groups excluding carboxylic acids is 1. The molecule has 1 aromatic carbocycles. The summed E-state index contributed by atoms with van der Waals surface area (Å²) in [5, 5.41) is 2.39. The van der Waals surface area contributed by atoms with Gasteiger partial charge in [-0.05, 0) is 48.2 Å². The Labute approximate surface area is 188 Å². The fourth-order valence-electron chi connectivity index (χ4n) is 2.79. The average molecular weight is 491 g/mol. The Hall–Kier alpha value is -3.02. The van der Waals surface area contributed by atoms with Gasteiger partial charge in [-0.25, -0.2) is 22.2 Å². The molecular weight excluding hydrogens is 469 g/mol. The summed E-state index contributed by atoms with van der Waals surface area (Å²) in [6.45, 7) is 1.61. The second kappa shape index (κ2) is 10.7. The van der Waals surface area contributed by atoms with E-state index in [1.807, 2.05) is 6.92 Å². The summed E-state index contributed by atoms with van der Waals surface area (Å²) in [7, 11) is -3.89. The first-order chi connectivity index (χ1) is 15.3. The van der Waals surface area contributed by atoms with E-state index in [4.69, 9.17) is 0 Å². The minimum atomic E-state index is -4.59. The maximum Gasteiger partial charge on any atom is 0.433 e. The number of unbranched alkanes of at least 4 members (excludes halogenated alkanes) is 1. The first-order valence-corrected chi connectivity index (χ1v) is 11.7. The molecule has 0 aliphatic rings. The SMILES string of the molecule is CCCCc1nc(C(F)(F)F)ccc1C=CC(=O)NCc1cc(F)c(NS(C)(=O)=O)c(F)c1. The molecule has 0 saturated heterocycles. The van der Waals surface area contributed by atoms with Crippen molar-refractivity contribution in [1.29, 1.82) is 0 Å². The zero-order chi connectivity index (χ0) is 24.8. The van der Waals surface area contributed by atoms with Gasteiger partial charge in [0.15, 0.2) is 11.6 Å². The van der Waals surface area contributed by atoms with E-state index < -0.39 is 45.1 Å². The van der Waals surface area contributed by atoms with Crippen LogP contribution in [-0.4, -0.2) is 25.6 Å². The van der Waals surface area contributed by atoms with Gasteiger partial charge in [-0.1, -0.05) is 19.4 Å². The van der Waals surface area contributed by atoms with Crippen molar-refractivity contribution >= 4 is 27.7 Å². The predicted octanol–water partition coefficient (Wildman–Crippen LogP) is 4.42. The number of rotatable bonds is 9. The largest absolute Gasteiger partial charge is 0.433 e. The molecule has 2 aromatic rings. The van der Waals surface area contributed by atoms with Crippen LogP contribution in [-0.2, 0) is 34.0 Å². The third-order valence-corrected chi connectivity index (χ3v) is 4.91. The highest BCUT2D eigenvalue weighted by Crippen LogP contribution is 2.29. The molecule has 12 heteroatoms. The molecule has 2 N–H and O–H groups in total. The lowest BCUT2D eigenvalue weighted by molar-refractivity contribution is -0.141. The van der Waals surface area contributed by atoms with Gasteiger partial charge >= 0.3 is 6.18 Å². The van der Waals surface area contributed by atoms with Gasteiger partial charge in [-0.15, -0.1) is 0 Å². The van der Waals surface area contributed by atoms with Gasteiger partial charge in [0.2, 0.25) is 15.9 Å². The number of carbonyl (C=O) groups is 1. The molecule has 0 aliphatic heterocycles. The van der Waals surface area contributed by atoms with E-state index in [0.29, 0.717) is 18.4 Å². The Morgan fingerprint density at radius 1 is 1.15 bits per heavy atom. The topological polar surface area (TPSA) is 88.2 Å². The van der Waals surface area contributed by atoms with E-state index in [9.17, 15) is 35.2 Å². The van der Waals surface area contributed by atoms with Crippen LogP contribution in [0.2, 0.25) is 0 Å². The molecule has 1 heterocycles. The lowest BCUT2D eigenvalue weighted by Gasteiger charge is -2.11. The number of aromatic nitrogens is 1. The Kier molecular flexibility index (Phi) is 8.53. The minimum absolute atomic E-state index is 0.0330. The minimum Gasteiger partial charge on any atom is -0.348 e. The van der Waals surface area contributed by atoms with Crippen LogP contribution < -0.4 is 10.0 Å². The summed E-state index contributed by atoms with van der Waals surface area (Å²) in [4.78, 5) is 15.8. The molecular formula is C21H22F5N3O3S. The summed E-state index contributed by atoms with van der Waals surface area (Å²) < 4.78 is 90.9. The van der Waals surface area contributed by atoms with Gasteiger partial charge in [-0.3, -0.25) is 9.52 Å². The highest BCUT2D eigenvalue weighted by molar-refractivity contribution is 7.92. The molecule has 1 amide bonds. The van der Waals surface area contributed by atoms with Crippen molar-refractivity contribution in [2.24, 2.45) is 0 Å². The number of nitrogens with zero attached hydrogens (tertiary/aromatic N) is 1. The summed E-state index contributed by atoms with van der Waals surface area (Å²) >= 11 is 0. The number of sulfonamides is 1. The van der Waals surface area contributed by atoms with Gasteiger partial charge < -0.3 is 5.32 Å². The maximum absolute atomic E-state index is 14.0. The molecule has 0 aliphatic carbocycles. The first-order valence-electron chi connectivity index (χ1n) is 9.79. The molecule has 6 nitrogen and oxygen atoms in total. The van der Waals surface area contributed by atoms with Crippen LogP contribution >= 0.6 is 0 Å². The summed E-state index contributed by atoms with van der Waals surface area (Å²) in [6.07, 6.45) is 0.202. The number of alkyl halides is 3. The van der Waals surface area contributed by atoms with Crippen molar-refractivity contribution < 1.29 is 35.2 Å². The summed E-state index contributed by atoms with van der Waals surface area (Å²) in [5.41, 5.74) is -1.27. The van der Waals surface area contributed by atoms with Crippen molar-refractivity contribution in [2.75, 3.05) is 11.0 Å². The molecule has 0 atom stereocenters. The van der Waals surface area contributed by atoms with Gasteiger partial charge in [0.1, 0.15) is 11.4 Å². The zero-order valence-corrected chi connectivity index (χ0v) is 18.6. The molecule has 0 unspecified atom stereocenters. The molecule has 0 fully saturated rings. The molecule has 180 valence electrons. The number of hydrogen-bond acceptors (Lipinski definition) is 4. The summed E-state index contributed by atoms with van der Waals surface area (Å²) in [5.74, 6) is -2.97. The zero-order valence-electron chi connectivity index (χ0n) is 17.8. The number of pyridine rings is 1. The highest BCUT2D eigenvalue weighted by atomic mass is 32.2. The van der Waals surface area contributed by atoms with Crippen molar-refractivity contribution in [3.05, 3.63) is 64.5 Å². The third-order valence-electron chi connectivity index (χ3n) is 4.34. The number of nitrogens with one attached hydrogen (secondary N) is 2. The van der Waals surface area contributed by atoms with E-state index in [1.54, 1.807) is 4.72 Å². The van der Waals surface area contributed by atoms with Crippen molar-refractivity contribution in [3.8, 4) is 0 Å². The number of halogens is 5. The van der Waals surface area contributed by atoms with E-state index in [1.165, 1.54) is 12.1 Å². The highest BCUT2D eigenvalue weighted by Gasteiger charge is 2.32. The second-order valence-corrected chi connectivity index (χ2v) is 8.94. The molecule has 0 spiro atoms. The summed E-state index contributed by atoms with van der Waals surface area (Å²) in [6, 6.07) is 3.78. The van der Waals surface area contributed by atoms with Crippen LogP contribution in [0.25, 0.3) is 6.08 Å². The molecule has 33 heavy (non-hydrogen) atoms. The number of amides is 1. The third kappa shape index (κ3) is 8.12. The molecule has 0 radical (unpaired) electrons. The van der Waals surface area contributed by atoms with E-state index in [0.717, 1.165) is 37.0 Å². The normalized spacial score (nSPS) is 12.2. The number of anilines is 1. The fourth-order valence-corrected chi connectivity index (χ4v) is 3.36. The fraction of sp³-hybridized carbons (Fsp3) is 0.333. The van der Waals surface area contributed by atoms with Gasteiger partial charge in [0.05, 0.1) is 6.26 Å². The van der Waals surface area contributed by atoms with E-state index in [2.05, 4.69) is 10.3 Å². The first kappa shape index (κ1) is 26.2. The van der Waals surface area contributed by atoms with Crippen molar-refractivity contribution in [3.63, 3.8) is 0 Å². The van der Waals surface area contributed by atoms with Gasteiger partial charge in [-0.2, -0.15) is 13.2 Å². The standard InChI is InChI=1S/C21H22F5N3O3S/c1-3-4-5-17-14(6-8-18(28-17)21(24,25)26)7-9-19(30)27-12-13-10-15(22)20(16(23)11-13)29-33(2,31)32/h6-11,29H,3-5,12H2,1-2H3,(H,27,30). The number of benzene rings is 1. The molecule has 0 bridgehead atoms. The van der Waals surface area contributed by atoms with Crippen LogP contribution in [0.3, 0.4) is 0 Å². The monoisotopic (exact) mass is 491 g/mol. The molecule has 0 saturated carbocycles. The Bertz CT molecular complexity index is 1130. The van der Waals surface area contributed by atoms with Gasteiger partial charge in [0.25, 0.3) is 0 Å². The predicted molar refractivity (Wildman–Crippen MR) is 114 cm³/mol. The smallest absolute Gasteiger partial charge is 0.348 e. The van der Waals surface area contributed by atoms with Crippen molar-refractivity contribution in [1.82, 2.24) is 10.3 Å². The van der Waals surface area contributed by atoms with E-state index in [-0.39, 0.29) is 17.8 Å².